The first kappa shape index (κ1) is 20.1. The molecule has 0 aliphatic carbocycles. The van der Waals surface area contributed by atoms with Crippen molar-refractivity contribution in [3.63, 3.8) is 0 Å². The van der Waals surface area contributed by atoms with E-state index in [4.69, 9.17) is 0 Å². The summed E-state index contributed by atoms with van der Waals surface area (Å²) in [5.74, 6) is 1.45. The van der Waals surface area contributed by atoms with Gasteiger partial charge < -0.3 is 15.5 Å². The zero-order chi connectivity index (χ0) is 20.6. The lowest BCUT2D eigenvalue weighted by Gasteiger charge is -2.13. The molecule has 8 heteroatoms. The van der Waals surface area contributed by atoms with Gasteiger partial charge in [-0.3, -0.25) is 9.79 Å². The molecule has 3 aromatic rings. The van der Waals surface area contributed by atoms with Crippen molar-refractivity contribution in [2.24, 2.45) is 4.99 Å². The van der Waals surface area contributed by atoms with Crippen LogP contribution in [0.3, 0.4) is 0 Å². The number of aliphatic imine (C=N–C) groups is 1. The zero-order valence-electron chi connectivity index (χ0n) is 16.8. The van der Waals surface area contributed by atoms with Gasteiger partial charge >= 0.3 is 0 Å². The highest BCUT2D eigenvalue weighted by Gasteiger charge is 2.07. The molecule has 0 aliphatic heterocycles. The van der Waals surface area contributed by atoms with Crippen LogP contribution >= 0.6 is 0 Å². The minimum Gasteiger partial charge on any atom is -0.352 e. The molecule has 0 unspecified atom stereocenters. The predicted octanol–water partition coefficient (Wildman–Crippen LogP) is 1.83. The van der Waals surface area contributed by atoms with Crippen LogP contribution in [0.1, 0.15) is 21.5 Å². The largest absolute Gasteiger partial charge is 0.352 e. The molecule has 0 saturated heterocycles. The standard InChI is InChI=1S/C21H25N7O/c1-22-21(24-14-16-5-7-18(8-6-16)20(29)27(2)3)25-15-17-9-11-23-19(13-17)28-12-4-10-26-28/h4-13H,14-15H2,1-3H3,(H2,22,24,25). The molecular weight excluding hydrogens is 366 g/mol. The van der Waals surface area contributed by atoms with Crippen molar-refractivity contribution in [1.29, 1.82) is 0 Å². The van der Waals surface area contributed by atoms with E-state index in [9.17, 15) is 4.79 Å². The molecule has 29 heavy (non-hydrogen) atoms. The number of nitrogens with zero attached hydrogens (tertiary/aromatic N) is 5. The summed E-state index contributed by atoms with van der Waals surface area (Å²) < 4.78 is 1.72. The summed E-state index contributed by atoms with van der Waals surface area (Å²) in [6.07, 6.45) is 5.35. The summed E-state index contributed by atoms with van der Waals surface area (Å²) in [4.78, 5) is 22.1. The number of aromatic nitrogens is 3. The van der Waals surface area contributed by atoms with E-state index in [1.807, 2.05) is 48.7 Å². The maximum atomic E-state index is 12.0. The van der Waals surface area contributed by atoms with Crippen LogP contribution in [0.25, 0.3) is 5.82 Å². The number of hydrogen-bond acceptors (Lipinski definition) is 4. The van der Waals surface area contributed by atoms with Gasteiger partial charge in [-0.05, 0) is 41.5 Å². The van der Waals surface area contributed by atoms with Crippen LogP contribution in [0.5, 0.6) is 0 Å². The number of rotatable bonds is 6. The van der Waals surface area contributed by atoms with Crippen LogP contribution in [0.4, 0.5) is 0 Å². The smallest absolute Gasteiger partial charge is 0.253 e. The van der Waals surface area contributed by atoms with Gasteiger partial charge in [0.25, 0.3) is 5.91 Å². The number of pyridine rings is 1. The first-order valence-corrected chi connectivity index (χ1v) is 9.27. The Balaban J connectivity index is 1.54. The van der Waals surface area contributed by atoms with Gasteiger partial charge in [0, 0.05) is 58.4 Å². The average Bonchev–Trinajstić information content (AvgIpc) is 3.29. The van der Waals surface area contributed by atoms with Crippen molar-refractivity contribution in [3.05, 3.63) is 77.7 Å². The number of hydrogen-bond donors (Lipinski definition) is 2. The highest BCUT2D eigenvalue weighted by atomic mass is 16.2. The molecule has 0 saturated carbocycles. The molecule has 2 N–H and O–H groups in total. The Morgan fingerprint density at radius 1 is 1.07 bits per heavy atom. The van der Waals surface area contributed by atoms with E-state index in [0.29, 0.717) is 24.6 Å². The van der Waals surface area contributed by atoms with E-state index in [2.05, 4.69) is 25.7 Å². The predicted molar refractivity (Wildman–Crippen MR) is 113 cm³/mol. The molecule has 3 rings (SSSR count). The molecule has 0 bridgehead atoms. The normalized spacial score (nSPS) is 11.2. The Hall–Kier alpha value is -3.68. The molecule has 2 heterocycles. The van der Waals surface area contributed by atoms with Crippen molar-refractivity contribution in [2.45, 2.75) is 13.1 Å². The lowest BCUT2D eigenvalue weighted by molar-refractivity contribution is 0.0827. The van der Waals surface area contributed by atoms with Crippen molar-refractivity contribution in [3.8, 4) is 5.82 Å². The van der Waals surface area contributed by atoms with E-state index < -0.39 is 0 Å². The third-order valence-electron chi connectivity index (χ3n) is 4.30. The monoisotopic (exact) mass is 391 g/mol. The second-order valence-corrected chi connectivity index (χ2v) is 6.65. The van der Waals surface area contributed by atoms with Crippen LogP contribution < -0.4 is 10.6 Å². The Morgan fingerprint density at radius 3 is 2.41 bits per heavy atom. The first-order valence-electron chi connectivity index (χ1n) is 9.27. The fourth-order valence-electron chi connectivity index (χ4n) is 2.72. The molecule has 1 amide bonds. The molecule has 1 aromatic carbocycles. The third-order valence-corrected chi connectivity index (χ3v) is 4.30. The fraction of sp³-hybridized carbons (Fsp3) is 0.238. The molecule has 150 valence electrons. The second-order valence-electron chi connectivity index (χ2n) is 6.65. The van der Waals surface area contributed by atoms with Gasteiger partial charge in [-0.25, -0.2) is 9.67 Å². The highest BCUT2D eigenvalue weighted by molar-refractivity contribution is 5.93. The second kappa shape index (κ2) is 9.50. The maximum Gasteiger partial charge on any atom is 0.253 e. The number of nitrogens with one attached hydrogen (secondary N) is 2. The lowest BCUT2D eigenvalue weighted by atomic mass is 10.1. The van der Waals surface area contributed by atoms with Crippen molar-refractivity contribution in [2.75, 3.05) is 21.1 Å². The topological polar surface area (TPSA) is 87.4 Å². The molecule has 0 atom stereocenters. The fourth-order valence-corrected chi connectivity index (χ4v) is 2.72. The zero-order valence-corrected chi connectivity index (χ0v) is 16.8. The number of guanidine groups is 1. The van der Waals surface area contributed by atoms with Crippen LogP contribution in [0, 0.1) is 0 Å². The van der Waals surface area contributed by atoms with Gasteiger partial charge in [-0.15, -0.1) is 0 Å². The minimum atomic E-state index is -0.00572. The molecule has 8 nitrogen and oxygen atoms in total. The van der Waals surface area contributed by atoms with Gasteiger partial charge in [0.05, 0.1) is 0 Å². The van der Waals surface area contributed by atoms with Gasteiger partial charge in [-0.1, -0.05) is 12.1 Å². The Bertz CT molecular complexity index is 963. The number of carbonyl (C=O) groups excluding carboxylic acids is 1. The van der Waals surface area contributed by atoms with E-state index in [-0.39, 0.29) is 5.91 Å². The van der Waals surface area contributed by atoms with Crippen LogP contribution in [0.2, 0.25) is 0 Å². The highest BCUT2D eigenvalue weighted by Crippen LogP contribution is 2.07. The van der Waals surface area contributed by atoms with E-state index in [1.54, 1.807) is 43.1 Å². The van der Waals surface area contributed by atoms with Crippen molar-refractivity contribution in [1.82, 2.24) is 30.3 Å². The Morgan fingerprint density at radius 2 is 1.79 bits per heavy atom. The number of benzene rings is 1. The summed E-state index contributed by atoms with van der Waals surface area (Å²) in [6, 6.07) is 13.3. The van der Waals surface area contributed by atoms with E-state index >= 15 is 0 Å². The first-order chi connectivity index (χ1) is 14.1. The molecule has 2 aromatic heterocycles. The molecule has 0 aliphatic rings. The summed E-state index contributed by atoms with van der Waals surface area (Å²) >= 11 is 0. The SMILES string of the molecule is CN=C(NCc1ccc(C(=O)N(C)C)cc1)NCc1ccnc(-n2cccn2)c1. The number of carbonyl (C=O) groups is 1. The molecule has 0 fully saturated rings. The molecular formula is C21H25N7O. The minimum absolute atomic E-state index is 0.00572. The molecule has 0 spiro atoms. The number of amides is 1. The lowest BCUT2D eigenvalue weighted by Crippen LogP contribution is -2.36. The van der Waals surface area contributed by atoms with Crippen LogP contribution in [0.15, 0.2) is 66.0 Å². The van der Waals surface area contributed by atoms with E-state index in [0.717, 1.165) is 16.9 Å². The van der Waals surface area contributed by atoms with Crippen molar-refractivity contribution >= 4 is 11.9 Å². The summed E-state index contributed by atoms with van der Waals surface area (Å²) in [6.45, 7) is 1.21. The van der Waals surface area contributed by atoms with Crippen molar-refractivity contribution < 1.29 is 4.79 Å². The van der Waals surface area contributed by atoms with Crippen LogP contribution in [-0.2, 0) is 13.1 Å². The maximum absolute atomic E-state index is 12.0. The van der Waals surface area contributed by atoms with Crippen LogP contribution in [-0.4, -0.2) is 52.7 Å². The van der Waals surface area contributed by atoms with E-state index in [1.165, 1.54) is 0 Å². The van der Waals surface area contributed by atoms with Gasteiger partial charge in [-0.2, -0.15) is 5.10 Å². The Labute approximate surface area is 170 Å². The van der Waals surface area contributed by atoms with Gasteiger partial charge in [0.2, 0.25) is 0 Å². The van der Waals surface area contributed by atoms with Gasteiger partial charge in [0.1, 0.15) is 0 Å². The summed E-state index contributed by atoms with van der Waals surface area (Å²) in [7, 11) is 5.22. The summed E-state index contributed by atoms with van der Waals surface area (Å²) in [5.41, 5.74) is 2.81. The van der Waals surface area contributed by atoms with Gasteiger partial charge in [0.15, 0.2) is 11.8 Å². The quantitative estimate of drug-likeness (QED) is 0.495. The Kier molecular flexibility index (Phi) is 6.57. The average molecular weight is 391 g/mol. The summed E-state index contributed by atoms with van der Waals surface area (Å²) in [5, 5.41) is 10.8. The third kappa shape index (κ3) is 5.41. The molecule has 0 radical (unpaired) electrons.